The number of benzene rings is 2. The van der Waals surface area contributed by atoms with Gasteiger partial charge in [-0.1, -0.05) is 18.2 Å². The van der Waals surface area contributed by atoms with E-state index in [1.807, 2.05) is 5.32 Å². The molecule has 1 aliphatic heterocycles. The van der Waals surface area contributed by atoms with E-state index in [9.17, 15) is 42.5 Å². The van der Waals surface area contributed by atoms with Crippen molar-refractivity contribution in [2.75, 3.05) is 18.5 Å². The van der Waals surface area contributed by atoms with Gasteiger partial charge in [-0.05, 0) is 18.2 Å². The molecular formula is C19H12F3N3O7. The number of nitro benzene ring substituents is 1. The molecule has 0 fully saturated rings. The van der Waals surface area contributed by atoms with Crippen LogP contribution in [0.1, 0.15) is 26.3 Å². The summed E-state index contributed by atoms with van der Waals surface area (Å²) < 4.78 is 43.5. The fraction of sp³-hybridized carbons (Fsp3) is 0.158. The first-order valence-corrected chi connectivity index (χ1v) is 8.76. The Morgan fingerprint density at radius 1 is 1.06 bits per heavy atom. The number of alkyl halides is 3. The molecule has 166 valence electrons. The summed E-state index contributed by atoms with van der Waals surface area (Å²) in [6.07, 6.45) is -4.73. The van der Waals surface area contributed by atoms with Crippen LogP contribution < -0.4 is 5.32 Å². The molecule has 0 radical (unpaired) electrons. The number of hydrogen-bond acceptors (Lipinski definition) is 7. The number of imide groups is 1. The molecule has 2 aromatic rings. The van der Waals surface area contributed by atoms with Gasteiger partial charge in [-0.2, -0.15) is 13.2 Å². The Hall–Kier alpha value is -4.29. The van der Waals surface area contributed by atoms with Crippen molar-refractivity contribution in [1.82, 2.24) is 4.90 Å². The first-order chi connectivity index (χ1) is 15.0. The van der Waals surface area contributed by atoms with Crippen molar-refractivity contribution in [3.05, 3.63) is 69.3 Å². The van der Waals surface area contributed by atoms with Crippen LogP contribution in [0.2, 0.25) is 0 Å². The molecule has 1 heterocycles. The monoisotopic (exact) mass is 451 g/mol. The van der Waals surface area contributed by atoms with E-state index in [0.29, 0.717) is 4.90 Å². The molecule has 0 aliphatic carbocycles. The zero-order chi connectivity index (χ0) is 23.6. The highest BCUT2D eigenvalue weighted by Gasteiger charge is 2.42. The summed E-state index contributed by atoms with van der Waals surface area (Å²) >= 11 is 0. The Morgan fingerprint density at radius 3 is 2.41 bits per heavy atom. The van der Waals surface area contributed by atoms with Crippen LogP contribution in [0.4, 0.5) is 24.5 Å². The summed E-state index contributed by atoms with van der Waals surface area (Å²) in [5.41, 5.74) is -3.00. The molecule has 0 spiro atoms. The lowest BCUT2D eigenvalue weighted by Gasteiger charge is -2.14. The van der Waals surface area contributed by atoms with Gasteiger partial charge < -0.3 is 10.1 Å². The fourth-order valence-electron chi connectivity index (χ4n) is 2.96. The number of para-hydroxylation sites is 1. The molecule has 0 unspecified atom stereocenters. The zero-order valence-electron chi connectivity index (χ0n) is 15.8. The van der Waals surface area contributed by atoms with Crippen molar-refractivity contribution in [1.29, 1.82) is 0 Å². The van der Waals surface area contributed by atoms with Crippen molar-refractivity contribution >= 4 is 35.1 Å². The highest BCUT2D eigenvalue weighted by molar-refractivity contribution is 6.24. The van der Waals surface area contributed by atoms with Crippen LogP contribution in [-0.4, -0.2) is 46.7 Å². The molecule has 0 saturated heterocycles. The van der Waals surface area contributed by atoms with Crippen LogP contribution >= 0.6 is 0 Å². The molecule has 1 aliphatic rings. The van der Waals surface area contributed by atoms with E-state index >= 15 is 0 Å². The minimum absolute atomic E-state index is 0.265. The van der Waals surface area contributed by atoms with E-state index < -0.39 is 70.4 Å². The standard InChI is InChI=1S/C19H12F3N3O7/c20-19(21,22)11-5-1-2-6-12(11)23-14(26)9-32-15(27)8-24-17(28)10-4-3-7-13(25(30)31)16(10)18(24)29/h1-7H,8-9H2,(H,23,26). The lowest BCUT2D eigenvalue weighted by Crippen LogP contribution is -2.36. The Kier molecular flexibility index (Phi) is 5.91. The van der Waals surface area contributed by atoms with E-state index in [0.717, 1.165) is 24.3 Å². The summed E-state index contributed by atoms with van der Waals surface area (Å²) in [6, 6.07) is 7.56. The summed E-state index contributed by atoms with van der Waals surface area (Å²) in [4.78, 5) is 59.2. The molecule has 10 nitrogen and oxygen atoms in total. The normalized spacial score (nSPS) is 13.0. The van der Waals surface area contributed by atoms with E-state index in [2.05, 4.69) is 4.74 Å². The quantitative estimate of drug-likeness (QED) is 0.308. The van der Waals surface area contributed by atoms with Gasteiger partial charge in [-0.3, -0.25) is 34.2 Å². The number of rotatable bonds is 6. The van der Waals surface area contributed by atoms with E-state index in [1.54, 1.807) is 0 Å². The molecule has 0 atom stereocenters. The minimum Gasteiger partial charge on any atom is -0.454 e. The number of hydrogen-bond donors (Lipinski definition) is 1. The van der Waals surface area contributed by atoms with Crippen LogP contribution in [0.3, 0.4) is 0 Å². The molecule has 3 rings (SSSR count). The molecule has 2 aromatic carbocycles. The third-order valence-electron chi connectivity index (χ3n) is 4.33. The predicted octanol–water partition coefficient (Wildman–Crippen LogP) is 2.39. The van der Waals surface area contributed by atoms with Gasteiger partial charge in [0.25, 0.3) is 23.4 Å². The number of carbonyl (C=O) groups is 4. The molecule has 3 amide bonds. The largest absolute Gasteiger partial charge is 0.454 e. The van der Waals surface area contributed by atoms with Gasteiger partial charge in [-0.15, -0.1) is 0 Å². The lowest BCUT2D eigenvalue weighted by molar-refractivity contribution is -0.385. The summed E-state index contributed by atoms with van der Waals surface area (Å²) in [5.74, 6) is -4.36. The number of anilines is 1. The van der Waals surface area contributed by atoms with Crippen LogP contribution in [0.5, 0.6) is 0 Å². The smallest absolute Gasteiger partial charge is 0.418 e. The maximum atomic E-state index is 13.0. The number of halogens is 3. The molecule has 1 N–H and O–H groups in total. The number of amides is 3. The van der Waals surface area contributed by atoms with Gasteiger partial charge in [0.2, 0.25) is 0 Å². The third kappa shape index (κ3) is 4.40. The Bertz CT molecular complexity index is 1150. The van der Waals surface area contributed by atoms with Crippen molar-refractivity contribution < 1.29 is 42.0 Å². The second kappa shape index (κ2) is 8.45. The van der Waals surface area contributed by atoms with E-state index in [4.69, 9.17) is 0 Å². The van der Waals surface area contributed by atoms with Gasteiger partial charge >= 0.3 is 12.1 Å². The number of ether oxygens (including phenoxy) is 1. The molecule has 32 heavy (non-hydrogen) atoms. The highest BCUT2D eigenvalue weighted by Crippen LogP contribution is 2.34. The first-order valence-electron chi connectivity index (χ1n) is 8.76. The number of esters is 1. The predicted molar refractivity (Wildman–Crippen MR) is 99.5 cm³/mol. The van der Waals surface area contributed by atoms with Gasteiger partial charge in [-0.25, -0.2) is 0 Å². The molecule has 0 saturated carbocycles. The van der Waals surface area contributed by atoms with Crippen molar-refractivity contribution in [3.8, 4) is 0 Å². The van der Waals surface area contributed by atoms with Crippen LogP contribution in [0, 0.1) is 10.1 Å². The number of nitrogens with zero attached hydrogens (tertiary/aromatic N) is 2. The number of nitrogens with one attached hydrogen (secondary N) is 1. The van der Waals surface area contributed by atoms with Crippen LogP contribution in [-0.2, 0) is 20.5 Å². The van der Waals surface area contributed by atoms with Gasteiger partial charge in [0, 0.05) is 6.07 Å². The van der Waals surface area contributed by atoms with Gasteiger partial charge in [0.15, 0.2) is 6.61 Å². The Labute approximate surface area is 176 Å². The van der Waals surface area contributed by atoms with Gasteiger partial charge in [0.1, 0.15) is 12.1 Å². The minimum atomic E-state index is -4.73. The summed E-state index contributed by atoms with van der Waals surface area (Å²) in [7, 11) is 0. The fourth-order valence-corrected chi connectivity index (χ4v) is 2.96. The number of carbonyl (C=O) groups excluding carboxylic acids is 4. The van der Waals surface area contributed by atoms with Crippen LogP contribution in [0.15, 0.2) is 42.5 Å². The first kappa shape index (κ1) is 22.4. The maximum absolute atomic E-state index is 13.0. The van der Waals surface area contributed by atoms with Crippen LogP contribution in [0.25, 0.3) is 0 Å². The third-order valence-corrected chi connectivity index (χ3v) is 4.33. The Morgan fingerprint density at radius 2 is 1.75 bits per heavy atom. The topological polar surface area (TPSA) is 136 Å². The van der Waals surface area contributed by atoms with Gasteiger partial charge in [0.05, 0.1) is 21.7 Å². The lowest BCUT2D eigenvalue weighted by atomic mass is 10.1. The highest BCUT2D eigenvalue weighted by atomic mass is 19.4. The average molecular weight is 451 g/mol. The van der Waals surface area contributed by atoms with E-state index in [-0.39, 0.29) is 5.56 Å². The zero-order valence-corrected chi connectivity index (χ0v) is 15.8. The van der Waals surface area contributed by atoms with Crippen molar-refractivity contribution in [3.63, 3.8) is 0 Å². The second-order valence-electron chi connectivity index (χ2n) is 6.41. The summed E-state index contributed by atoms with van der Waals surface area (Å²) in [6.45, 7) is -1.94. The number of fused-ring (bicyclic) bond motifs is 1. The Balaban J connectivity index is 1.62. The molecule has 0 aromatic heterocycles. The average Bonchev–Trinajstić information content (AvgIpc) is 2.96. The molecular weight excluding hydrogens is 439 g/mol. The van der Waals surface area contributed by atoms with Crippen molar-refractivity contribution in [2.45, 2.75) is 6.18 Å². The SMILES string of the molecule is O=C(COC(=O)CN1C(=O)c2cccc([N+](=O)[O-])c2C1=O)Nc1ccccc1C(F)(F)F. The molecule has 13 heteroatoms. The second-order valence-corrected chi connectivity index (χ2v) is 6.41. The molecule has 0 bridgehead atoms. The summed E-state index contributed by atoms with van der Waals surface area (Å²) in [5, 5.41) is 13.0. The van der Waals surface area contributed by atoms with E-state index in [1.165, 1.54) is 18.2 Å². The number of nitro groups is 1. The van der Waals surface area contributed by atoms with Crippen molar-refractivity contribution in [2.24, 2.45) is 0 Å². The maximum Gasteiger partial charge on any atom is 0.418 e.